The van der Waals surface area contributed by atoms with Gasteiger partial charge in [-0.1, -0.05) is 6.07 Å². The maximum Gasteiger partial charge on any atom is 0.161 e. The van der Waals surface area contributed by atoms with E-state index in [0.717, 1.165) is 32.5 Å². The largest absolute Gasteiger partial charge is 0.371 e. The molecule has 0 bridgehead atoms. The third kappa shape index (κ3) is 3.37. The summed E-state index contributed by atoms with van der Waals surface area (Å²) in [5, 5.41) is 0. The zero-order valence-electron chi connectivity index (χ0n) is 12.5. The highest BCUT2D eigenvalue weighted by atomic mass is 19.1. The van der Waals surface area contributed by atoms with Crippen molar-refractivity contribution in [3.63, 3.8) is 0 Å². The summed E-state index contributed by atoms with van der Waals surface area (Å²) in [7, 11) is 4.01. The molecule has 0 saturated carbocycles. The summed E-state index contributed by atoms with van der Waals surface area (Å²) in [5.74, 6) is 0.165. The number of nitrogens with zero attached hydrogens (tertiary/aromatic N) is 2. The first kappa shape index (κ1) is 15.0. The summed E-state index contributed by atoms with van der Waals surface area (Å²) in [6.45, 7) is 4.47. The predicted molar refractivity (Wildman–Crippen MR) is 79.9 cm³/mol. The molecule has 1 aromatic carbocycles. The lowest BCUT2D eigenvalue weighted by atomic mass is 9.96. The number of hydrogen-bond acceptors (Lipinski definition) is 3. The van der Waals surface area contributed by atoms with Crippen LogP contribution < -0.4 is 4.90 Å². The molecule has 0 amide bonds. The van der Waals surface area contributed by atoms with Crippen molar-refractivity contribution in [3.8, 4) is 0 Å². The summed E-state index contributed by atoms with van der Waals surface area (Å²) >= 11 is 0. The number of hydrogen-bond donors (Lipinski definition) is 0. The molecule has 2 rings (SSSR count). The van der Waals surface area contributed by atoms with Gasteiger partial charge in [0.05, 0.1) is 5.69 Å². The van der Waals surface area contributed by atoms with E-state index >= 15 is 0 Å². The molecule has 0 unspecified atom stereocenters. The normalized spacial score (nSPS) is 17.2. The maximum atomic E-state index is 14.1. The Kier molecular flexibility index (Phi) is 4.76. The van der Waals surface area contributed by atoms with E-state index in [-0.39, 0.29) is 11.6 Å². The molecule has 4 heteroatoms. The number of benzene rings is 1. The Labute approximate surface area is 120 Å². The average Bonchev–Trinajstić information content (AvgIpc) is 2.40. The summed E-state index contributed by atoms with van der Waals surface area (Å²) in [5.41, 5.74) is 0.916. The molecule has 1 fully saturated rings. The first-order valence-electron chi connectivity index (χ1n) is 7.18. The number of anilines is 1. The lowest BCUT2D eigenvalue weighted by Crippen LogP contribution is -2.36. The number of likely N-dealkylation sites (tertiary alicyclic amines) is 1. The van der Waals surface area contributed by atoms with Crippen molar-refractivity contribution in [1.82, 2.24) is 4.90 Å². The maximum absolute atomic E-state index is 14.1. The second-order valence-electron chi connectivity index (χ2n) is 5.82. The lowest BCUT2D eigenvalue weighted by Gasteiger charge is -2.33. The highest BCUT2D eigenvalue weighted by Crippen LogP contribution is 2.26. The quantitative estimate of drug-likeness (QED) is 0.791. The van der Waals surface area contributed by atoms with Gasteiger partial charge in [-0.15, -0.1) is 0 Å². The number of carbonyl (C=O) groups excluding carboxylic acids is 1. The molecule has 0 aromatic heterocycles. The van der Waals surface area contributed by atoms with Gasteiger partial charge < -0.3 is 9.80 Å². The van der Waals surface area contributed by atoms with Crippen LogP contribution in [0.5, 0.6) is 0 Å². The van der Waals surface area contributed by atoms with Crippen molar-refractivity contribution in [2.24, 2.45) is 5.92 Å². The standard InChI is InChI=1S/C16H23FN2O/c1-12(20)14-5-4-6-15(17)16(14)19(3)11-13-7-9-18(2)10-8-13/h4-6,13H,7-11H2,1-3H3. The summed E-state index contributed by atoms with van der Waals surface area (Å²) in [4.78, 5) is 15.9. The van der Waals surface area contributed by atoms with Crippen LogP contribution in [0.2, 0.25) is 0 Å². The molecule has 1 aliphatic heterocycles. The fraction of sp³-hybridized carbons (Fsp3) is 0.562. The Morgan fingerprint density at radius 1 is 1.40 bits per heavy atom. The van der Waals surface area contributed by atoms with Gasteiger partial charge >= 0.3 is 0 Å². The molecule has 0 N–H and O–H groups in total. The molecule has 0 aliphatic carbocycles. The zero-order chi connectivity index (χ0) is 14.7. The van der Waals surface area contributed by atoms with Crippen molar-refractivity contribution >= 4 is 11.5 Å². The lowest BCUT2D eigenvalue weighted by molar-refractivity contribution is 0.101. The average molecular weight is 278 g/mol. The number of carbonyl (C=O) groups is 1. The van der Waals surface area contributed by atoms with Gasteiger partial charge in [-0.2, -0.15) is 0 Å². The van der Waals surface area contributed by atoms with E-state index in [1.54, 1.807) is 12.1 Å². The second-order valence-corrected chi connectivity index (χ2v) is 5.82. The zero-order valence-corrected chi connectivity index (χ0v) is 12.5. The van der Waals surface area contributed by atoms with Gasteiger partial charge in [0.25, 0.3) is 0 Å². The molecular weight excluding hydrogens is 255 g/mol. The van der Waals surface area contributed by atoms with Crippen LogP contribution in [-0.2, 0) is 0 Å². The monoisotopic (exact) mass is 278 g/mol. The Bertz CT molecular complexity index is 481. The van der Waals surface area contributed by atoms with Crippen LogP contribution in [0.1, 0.15) is 30.1 Å². The minimum absolute atomic E-state index is 0.0882. The first-order valence-corrected chi connectivity index (χ1v) is 7.18. The molecule has 1 aromatic rings. The predicted octanol–water partition coefficient (Wildman–Crippen LogP) is 2.81. The molecular formula is C16H23FN2O. The minimum atomic E-state index is -0.312. The highest BCUT2D eigenvalue weighted by Gasteiger charge is 2.21. The van der Waals surface area contributed by atoms with Crippen LogP contribution in [-0.4, -0.2) is 44.4 Å². The fourth-order valence-corrected chi connectivity index (χ4v) is 2.91. The van der Waals surface area contributed by atoms with Gasteiger partial charge in [-0.05, 0) is 58.0 Å². The van der Waals surface area contributed by atoms with E-state index in [2.05, 4.69) is 11.9 Å². The third-order valence-corrected chi connectivity index (χ3v) is 4.12. The molecule has 1 aliphatic rings. The van der Waals surface area contributed by atoms with E-state index in [1.807, 2.05) is 11.9 Å². The molecule has 110 valence electrons. The van der Waals surface area contributed by atoms with Crippen LogP contribution in [0.15, 0.2) is 18.2 Å². The van der Waals surface area contributed by atoms with Crippen LogP contribution in [0.4, 0.5) is 10.1 Å². The van der Waals surface area contributed by atoms with Crippen molar-refractivity contribution < 1.29 is 9.18 Å². The number of rotatable bonds is 4. The van der Waals surface area contributed by atoms with Crippen molar-refractivity contribution in [1.29, 1.82) is 0 Å². The molecule has 0 radical (unpaired) electrons. The summed E-state index contributed by atoms with van der Waals surface area (Å²) in [6.07, 6.45) is 2.26. The third-order valence-electron chi connectivity index (χ3n) is 4.12. The van der Waals surface area contributed by atoms with Crippen LogP contribution in [0, 0.1) is 11.7 Å². The van der Waals surface area contributed by atoms with E-state index in [9.17, 15) is 9.18 Å². The van der Waals surface area contributed by atoms with E-state index in [4.69, 9.17) is 0 Å². The van der Waals surface area contributed by atoms with Crippen LogP contribution in [0.25, 0.3) is 0 Å². The van der Waals surface area contributed by atoms with E-state index in [1.165, 1.54) is 13.0 Å². The van der Waals surface area contributed by atoms with E-state index in [0.29, 0.717) is 17.2 Å². The first-order chi connectivity index (χ1) is 9.49. The van der Waals surface area contributed by atoms with Crippen molar-refractivity contribution in [3.05, 3.63) is 29.6 Å². The fourth-order valence-electron chi connectivity index (χ4n) is 2.91. The van der Waals surface area contributed by atoms with Crippen LogP contribution >= 0.6 is 0 Å². The highest BCUT2D eigenvalue weighted by molar-refractivity contribution is 5.99. The van der Waals surface area contributed by atoms with Crippen molar-refractivity contribution in [2.45, 2.75) is 19.8 Å². The Morgan fingerprint density at radius 3 is 2.65 bits per heavy atom. The topological polar surface area (TPSA) is 23.6 Å². The molecule has 20 heavy (non-hydrogen) atoms. The molecule has 0 spiro atoms. The number of piperidine rings is 1. The number of ketones is 1. The smallest absolute Gasteiger partial charge is 0.161 e. The number of halogens is 1. The van der Waals surface area contributed by atoms with Gasteiger partial charge in [0.1, 0.15) is 5.82 Å². The van der Waals surface area contributed by atoms with Gasteiger partial charge in [0.15, 0.2) is 5.78 Å². The molecule has 1 saturated heterocycles. The van der Waals surface area contributed by atoms with Gasteiger partial charge in [-0.25, -0.2) is 4.39 Å². The number of Topliss-reactive ketones (excluding diaryl/α,β-unsaturated/α-hetero) is 1. The Hall–Kier alpha value is -1.42. The van der Waals surface area contributed by atoms with Crippen molar-refractivity contribution in [2.75, 3.05) is 38.6 Å². The SMILES string of the molecule is CC(=O)c1cccc(F)c1N(C)CC1CCN(C)CC1. The minimum Gasteiger partial charge on any atom is -0.371 e. The van der Waals surface area contributed by atoms with Crippen LogP contribution in [0.3, 0.4) is 0 Å². The molecule has 1 heterocycles. The second kappa shape index (κ2) is 6.35. The number of para-hydroxylation sites is 1. The molecule has 0 atom stereocenters. The molecule has 3 nitrogen and oxygen atoms in total. The Balaban J connectivity index is 2.13. The summed E-state index contributed by atoms with van der Waals surface area (Å²) in [6, 6.07) is 4.72. The van der Waals surface area contributed by atoms with Gasteiger partial charge in [0, 0.05) is 19.2 Å². The van der Waals surface area contributed by atoms with E-state index < -0.39 is 0 Å². The Morgan fingerprint density at radius 2 is 2.05 bits per heavy atom. The van der Waals surface area contributed by atoms with Gasteiger partial charge in [0.2, 0.25) is 0 Å². The van der Waals surface area contributed by atoms with Gasteiger partial charge in [-0.3, -0.25) is 4.79 Å². The summed E-state index contributed by atoms with van der Waals surface area (Å²) < 4.78 is 14.1.